The van der Waals surface area contributed by atoms with Crippen molar-refractivity contribution in [3.63, 3.8) is 0 Å². The Kier molecular flexibility index (Phi) is 8.73. The molecular formula is C27H43N5O4Si. The first-order valence-electron chi connectivity index (χ1n) is 13.5. The predicted molar refractivity (Wildman–Crippen MR) is 147 cm³/mol. The SMILES string of the molecule is C[C@H](O)CCOCCCc1ncn(-c2nn(C3CCCCO3)c3ccc(O[Si](C)(C)C(C)(C)C)cc23)n1. The van der Waals surface area contributed by atoms with Gasteiger partial charge < -0.3 is 19.0 Å². The first-order chi connectivity index (χ1) is 17.5. The van der Waals surface area contributed by atoms with Gasteiger partial charge in [-0.05, 0) is 75.4 Å². The van der Waals surface area contributed by atoms with Crippen LogP contribution in [-0.4, -0.2) is 63.9 Å². The number of aliphatic hydroxyl groups is 1. The van der Waals surface area contributed by atoms with Gasteiger partial charge in [0.2, 0.25) is 8.32 Å². The van der Waals surface area contributed by atoms with E-state index >= 15 is 0 Å². The first kappa shape index (κ1) is 27.8. The lowest BCUT2D eigenvalue weighted by molar-refractivity contribution is -0.0367. The Bertz CT molecular complexity index is 1160. The molecule has 3 heterocycles. The van der Waals surface area contributed by atoms with E-state index in [4.69, 9.17) is 24.1 Å². The van der Waals surface area contributed by atoms with Crippen molar-refractivity contribution in [1.82, 2.24) is 24.5 Å². The number of aliphatic hydroxyl groups excluding tert-OH is 1. The summed E-state index contributed by atoms with van der Waals surface area (Å²) in [6, 6.07) is 6.24. The van der Waals surface area contributed by atoms with Crippen molar-refractivity contribution in [3.8, 4) is 11.6 Å². The molecule has 2 aromatic heterocycles. The van der Waals surface area contributed by atoms with Crippen LogP contribution >= 0.6 is 0 Å². The van der Waals surface area contributed by atoms with Gasteiger partial charge in [0.15, 0.2) is 17.9 Å². The van der Waals surface area contributed by atoms with Crippen LogP contribution in [0.25, 0.3) is 16.7 Å². The van der Waals surface area contributed by atoms with E-state index in [-0.39, 0.29) is 17.4 Å². The molecular weight excluding hydrogens is 486 g/mol. The monoisotopic (exact) mass is 529 g/mol. The molecule has 9 nitrogen and oxygen atoms in total. The smallest absolute Gasteiger partial charge is 0.250 e. The lowest BCUT2D eigenvalue weighted by atomic mass is 10.2. The van der Waals surface area contributed by atoms with Crippen molar-refractivity contribution in [2.24, 2.45) is 0 Å². The summed E-state index contributed by atoms with van der Waals surface area (Å²) in [7, 11) is -1.99. The highest BCUT2D eigenvalue weighted by Crippen LogP contribution is 2.39. The Morgan fingerprint density at radius 3 is 2.70 bits per heavy atom. The molecule has 0 spiro atoms. The molecule has 0 amide bonds. The van der Waals surface area contributed by atoms with Crippen molar-refractivity contribution in [1.29, 1.82) is 0 Å². The number of ether oxygens (including phenoxy) is 2. The third kappa shape index (κ3) is 6.79. The van der Waals surface area contributed by atoms with Gasteiger partial charge in [-0.2, -0.15) is 4.68 Å². The maximum Gasteiger partial charge on any atom is 0.250 e. The van der Waals surface area contributed by atoms with Gasteiger partial charge in [0, 0.05) is 26.2 Å². The summed E-state index contributed by atoms with van der Waals surface area (Å²) in [6.45, 7) is 15.0. The van der Waals surface area contributed by atoms with Crippen LogP contribution in [0.15, 0.2) is 24.5 Å². The summed E-state index contributed by atoms with van der Waals surface area (Å²) in [4.78, 5) is 4.53. The standard InChI is InChI=1S/C27H43N5O4Si/c1-20(33)14-17-34-15-9-10-24-28-19-31(29-24)26-22-18-21(36-37(5,6)27(2,3)4)12-13-23(22)32(30-26)25-11-7-8-16-35-25/h12-13,18-20,25,33H,7-11,14-17H2,1-6H3/t20-,25?/m0/s1. The fraction of sp³-hybridized carbons (Fsp3) is 0.667. The molecule has 37 heavy (non-hydrogen) atoms. The van der Waals surface area contributed by atoms with Crippen molar-refractivity contribution in [2.45, 2.75) is 96.7 Å². The molecule has 1 unspecified atom stereocenters. The predicted octanol–water partition coefficient (Wildman–Crippen LogP) is 5.42. The van der Waals surface area contributed by atoms with Crippen LogP contribution in [0.5, 0.6) is 5.75 Å². The van der Waals surface area contributed by atoms with Crippen molar-refractivity contribution in [3.05, 3.63) is 30.4 Å². The van der Waals surface area contributed by atoms with Gasteiger partial charge in [0.05, 0.1) is 17.0 Å². The summed E-state index contributed by atoms with van der Waals surface area (Å²) in [5, 5.41) is 20.1. The molecule has 204 valence electrons. The number of nitrogens with zero attached hydrogens (tertiary/aromatic N) is 5. The summed E-state index contributed by atoms with van der Waals surface area (Å²) in [6.07, 6.45) is 6.65. The summed E-state index contributed by atoms with van der Waals surface area (Å²) >= 11 is 0. The molecule has 3 aromatic rings. The Morgan fingerprint density at radius 1 is 1.19 bits per heavy atom. The van der Waals surface area contributed by atoms with E-state index < -0.39 is 8.32 Å². The molecule has 2 atom stereocenters. The van der Waals surface area contributed by atoms with Gasteiger partial charge in [-0.25, -0.2) is 9.67 Å². The fourth-order valence-electron chi connectivity index (χ4n) is 4.12. The number of hydrogen-bond acceptors (Lipinski definition) is 7. The van der Waals surface area contributed by atoms with Crippen molar-refractivity contribution < 1.29 is 19.0 Å². The highest BCUT2D eigenvalue weighted by Gasteiger charge is 2.39. The average Bonchev–Trinajstić information content (AvgIpc) is 3.45. The molecule has 0 aliphatic carbocycles. The second-order valence-electron chi connectivity index (χ2n) is 11.6. The summed E-state index contributed by atoms with van der Waals surface area (Å²) in [5.74, 6) is 2.35. The topological polar surface area (TPSA) is 96.5 Å². The van der Waals surface area contributed by atoms with E-state index in [1.807, 2.05) is 4.68 Å². The number of benzene rings is 1. The molecule has 4 rings (SSSR count). The van der Waals surface area contributed by atoms with Crippen LogP contribution in [0.1, 0.15) is 71.9 Å². The minimum atomic E-state index is -1.99. The van der Waals surface area contributed by atoms with E-state index in [9.17, 15) is 5.11 Å². The van der Waals surface area contributed by atoms with Crippen LogP contribution < -0.4 is 4.43 Å². The molecule has 0 saturated carbocycles. The molecule has 10 heteroatoms. The van der Waals surface area contributed by atoms with E-state index in [1.165, 1.54) is 0 Å². The zero-order valence-electron chi connectivity index (χ0n) is 23.2. The number of aromatic nitrogens is 5. The average molecular weight is 530 g/mol. The maximum atomic E-state index is 9.34. The van der Waals surface area contributed by atoms with E-state index in [1.54, 1.807) is 17.9 Å². The second kappa shape index (κ2) is 11.6. The summed E-state index contributed by atoms with van der Waals surface area (Å²) in [5.41, 5.74) is 1.01. The van der Waals surface area contributed by atoms with E-state index in [0.29, 0.717) is 26.1 Å². The number of hydrogen-bond donors (Lipinski definition) is 1. The molecule has 1 aromatic carbocycles. The van der Waals surface area contributed by atoms with Gasteiger partial charge in [-0.15, -0.1) is 10.2 Å². The molecule has 1 saturated heterocycles. The lowest BCUT2D eigenvalue weighted by Gasteiger charge is -2.36. The third-order valence-electron chi connectivity index (χ3n) is 7.39. The Hall–Kier alpha value is -2.27. The summed E-state index contributed by atoms with van der Waals surface area (Å²) < 4.78 is 22.1. The maximum absolute atomic E-state index is 9.34. The van der Waals surface area contributed by atoms with E-state index in [2.05, 4.69) is 57.0 Å². The molecule has 1 aliphatic rings. The Morgan fingerprint density at radius 2 is 2.00 bits per heavy atom. The van der Waals surface area contributed by atoms with Gasteiger partial charge in [-0.1, -0.05) is 20.8 Å². The number of fused-ring (bicyclic) bond motifs is 1. The molecule has 0 radical (unpaired) electrons. The number of aryl methyl sites for hydroxylation is 1. The molecule has 1 aliphatic heterocycles. The lowest BCUT2D eigenvalue weighted by Crippen LogP contribution is -2.43. The minimum absolute atomic E-state index is 0.0843. The van der Waals surface area contributed by atoms with Gasteiger partial charge >= 0.3 is 0 Å². The van der Waals surface area contributed by atoms with Crippen molar-refractivity contribution in [2.75, 3.05) is 19.8 Å². The highest BCUT2D eigenvalue weighted by atomic mass is 28.4. The normalized spacial score (nSPS) is 17.9. The zero-order valence-corrected chi connectivity index (χ0v) is 24.2. The quantitative estimate of drug-likeness (QED) is 0.262. The van der Waals surface area contributed by atoms with Gasteiger partial charge in [-0.3, -0.25) is 0 Å². The van der Waals surface area contributed by atoms with Gasteiger partial charge in [0.1, 0.15) is 12.1 Å². The van der Waals surface area contributed by atoms with Crippen LogP contribution in [-0.2, 0) is 15.9 Å². The van der Waals surface area contributed by atoms with Crippen LogP contribution in [0.4, 0.5) is 0 Å². The largest absolute Gasteiger partial charge is 0.543 e. The van der Waals surface area contributed by atoms with Crippen LogP contribution in [0.2, 0.25) is 18.1 Å². The van der Waals surface area contributed by atoms with Crippen LogP contribution in [0.3, 0.4) is 0 Å². The Labute approximate surface area is 221 Å². The Balaban J connectivity index is 1.58. The molecule has 0 bridgehead atoms. The van der Waals surface area contributed by atoms with Crippen molar-refractivity contribution >= 4 is 19.2 Å². The molecule has 1 N–H and O–H groups in total. The molecule has 1 fully saturated rings. The van der Waals surface area contributed by atoms with E-state index in [0.717, 1.165) is 60.6 Å². The van der Waals surface area contributed by atoms with Gasteiger partial charge in [0.25, 0.3) is 0 Å². The fourth-order valence-corrected chi connectivity index (χ4v) is 5.15. The second-order valence-corrected chi connectivity index (χ2v) is 16.3. The first-order valence-corrected chi connectivity index (χ1v) is 16.5. The van der Waals surface area contributed by atoms with Crippen LogP contribution in [0, 0.1) is 0 Å². The minimum Gasteiger partial charge on any atom is -0.543 e. The number of rotatable bonds is 11. The zero-order chi connectivity index (χ0) is 26.6. The highest BCUT2D eigenvalue weighted by molar-refractivity contribution is 6.74. The third-order valence-corrected chi connectivity index (χ3v) is 11.7.